The second kappa shape index (κ2) is 5.96. The van der Waals surface area contributed by atoms with E-state index in [0.29, 0.717) is 11.3 Å². The fraction of sp³-hybridized carbons (Fsp3) is 0.125. The van der Waals surface area contributed by atoms with Crippen LogP contribution in [-0.4, -0.2) is 8.42 Å². The summed E-state index contributed by atoms with van der Waals surface area (Å²) in [5.74, 6) is -0.182. The molecule has 0 radical (unpaired) electrons. The van der Waals surface area contributed by atoms with Crippen LogP contribution >= 0.6 is 11.6 Å². The van der Waals surface area contributed by atoms with Crippen LogP contribution < -0.4 is 4.72 Å². The van der Waals surface area contributed by atoms with Gasteiger partial charge in [0.25, 0.3) is 0 Å². The van der Waals surface area contributed by atoms with E-state index >= 15 is 0 Å². The minimum absolute atomic E-state index is 0.105. The zero-order chi connectivity index (χ0) is 16.6. The highest BCUT2D eigenvalue weighted by atomic mass is 35.5. The largest absolute Gasteiger partial charge is 0.459 e. The van der Waals surface area contributed by atoms with Crippen LogP contribution in [0.5, 0.6) is 0 Å². The molecule has 3 aromatic rings. The van der Waals surface area contributed by atoms with Gasteiger partial charge in [-0.1, -0.05) is 29.8 Å². The Labute approximate surface area is 137 Å². The molecule has 0 aliphatic carbocycles. The van der Waals surface area contributed by atoms with Crippen molar-refractivity contribution in [2.75, 3.05) is 0 Å². The van der Waals surface area contributed by atoms with Gasteiger partial charge in [0.05, 0.1) is 16.0 Å². The molecule has 0 bridgehead atoms. The highest BCUT2D eigenvalue weighted by Gasteiger charge is 2.21. The van der Waals surface area contributed by atoms with E-state index in [1.807, 2.05) is 18.2 Å². The van der Waals surface area contributed by atoms with Crippen molar-refractivity contribution in [1.29, 1.82) is 0 Å². The fourth-order valence-corrected chi connectivity index (χ4v) is 3.70. The quantitative estimate of drug-likeness (QED) is 0.762. The first-order valence-electron chi connectivity index (χ1n) is 6.83. The minimum atomic E-state index is -3.85. The predicted octanol–water partition coefficient (Wildman–Crippen LogP) is 4.26. The Morgan fingerprint density at radius 3 is 2.61 bits per heavy atom. The number of halogens is 2. The maximum absolute atomic E-state index is 13.2. The summed E-state index contributed by atoms with van der Waals surface area (Å²) in [6.07, 6.45) is 0. The number of para-hydroxylation sites is 1. The van der Waals surface area contributed by atoms with Crippen molar-refractivity contribution in [3.63, 3.8) is 0 Å². The summed E-state index contributed by atoms with van der Waals surface area (Å²) in [6, 6.07) is 11.8. The molecule has 1 atom stereocenters. The first-order valence-corrected chi connectivity index (χ1v) is 8.69. The standard InChI is InChI=1S/C16H13ClFNO3S/c1-10(16-8-11-4-2-3-5-15(11)22-16)19-23(20,21)12-6-7-14(18)13(17)9-12/h2-10,19H,1H3/t10-/m0/s1. The Morgan fingerprint density at radius 1 is 1.17 bits per heavy atom. The molecule has 0 saturated heterocycles. The summed E-state index contributed by atoms with van der Waals surface area (Å²) in [7, 11) is -3.85. The molecule has 3 rings (SSSR count). The lowest BCUT2D eigenvalue weighted by molar-refractivity contribution is 0.484. The molecule has 0 aliphatic rings. The van der Waals surface area contributed by atoms with Gasteiger partial charge in [-0.05, 0) is 37.3 Å². The Bertz CT molecular complexity index is 935. The van der Waals surface area contributed by atoms with Crippen molar-refractivity contribution in [2.45, 2.75) is 17.9 Å². The number of rotatable bonds is 4. The van der Waals surface area contributed by atoms with Gasteiger partial charge in [0.15, 0.2) is 0 Å². The molecule has 4 nitrogen and oxygen atoms in total. The fourth-order valence-electron chi connectivity index (χ4n) is 2.22. The zero-order valence-electron chi connectivity index (χ0n) is 12.1. The van der Waals surface area contributed by atoms with Gasteiger partial charge in [-0.2, -0.15) is 0 Å². The molecule has 0 aliphatic heterocycles. The van der Waals surface area contributed by atoms with Crippen molar-refractivity contribution in [3.05, 3.63) is 65.1 Å². The van der Waals surface area contributed by atoms with E-state index in [1.165, 1.54) is 0 Å². The molecule has 23 heavy (non-hydrogen) atoms. The number of hydrogen-bond acceptors (Lipinski definition) is 3. The zero-order valence-corrected chi connectivity index (χ0v) is 13.7. The molecule has 7 heteroatoms. The molecular weight excluding hydrogens is 341 g/mol. The highest BCUT2D eigenvalue weighted by molar-refractivity contribution is 7.89. The molecule has 0 unspecified atom stereocenters. The second-order valence-electron chi connectivity index (χ2n) is 5.11. The summed E-state index contributed by atoms with van der Waals surface area (Å²) in [4.78, 5) is -0.105. The maximum Gasteiger partial charge on any atom is 0.241 e. The van der Waals surface area contributed by atoms with Gasteiger partial charge in [0.1, 0.15) is 17.2 Å². The van der Waals surface area contributed by atoms with Crippen LogP contribution in [0.15, 0.2) is 57.8 Å². The summed E-state index contributed by atoms with van der Waals surface area (Å²) in [5, 5.41) is 0.641. The van der Waals surface area contributed by atoms with Crippen molar-refractivity contribution < 1.29 is 17.2 Å². The molecule has 120 valence electrons. The second-order valence-corrected chi connectivity index (χ2v) is 7.23. The third-order valence-electron chi connectivity index (χ3n) is 3.40. The van der Waals surface area contributed by atoms with Crippen molar-refractivity contribution >= 4 is 32.6 Å². The maximum atomic E-state index is 13.2. The number of benzene rings is 2. The van der Waals surface area contributed by atoms with Crippen LogP contribution in [0.4, 0.5) is 4.39 Å². The van der Waals surface area contributed by atoms with E-state index < -0.39 is 21.9 Å². The predicted molar refractivity (Wildman–Crippen MR) is 86.4 cm³/mol. The van der Waals surface area contributed by atoms with Gasteiger partial charge < -0.3 is 4.42 Å². The molecule has 1 heterocycles. The van der Waals surface area contributed by atoms with E-state index in [4.69, 9.17) is 16.0 Å². The average molecular weight is 354 g/mol. The normalized spacial score (nSPS) is 13.3. The van der Waals surface area contributed by atoms with Crippen molar-refractivity contribution in [3.8, 4) is 0 Å². The molecule has 1 N–H and O–H groups in total. The molecular formula is C16H13ClFNO3S. The van der Waals surface area contributed by atoms with Crippen LogP contribution in [-0.2, 0) is 10.0 Å². The van der Waals surface area contributed by atoms with Gasteiger partial charge >= 0.3 is 0 Å². The first-order chi connectivity index (χ1) is 10.9. The van der Waals surface area contributed by atoms with E-state index in [1.54, 1.807) is 19.1 Å². The van der Waals surface area contributed by atoms with Crippen LogP contribution in [0.2, 0.25) is 5.02 Å². The van der Waals surface area contributed by atoms with Gasteiger partial charge in [-0.25, -0.2) is 17.5 Å². The molecule has 0 amide bonds. The Balaban J connectivity index is 1.88. The van der Waals surface area contributed by atoms with E-state index in [-0.39, 0.29) is 9.92 Å². The van der Waals surface area contributed by atoms with E-state index in [0.717, 1.165) is 23.6 Å². The SMILES string of the molecule is C[C@H](NS(=O)(=O)c1ccc(F)c(Cl)c1)c1cc2ccccc2o1. The third kappa shape index (κ3) is 3.24. The van der Waals surface area contributed by atoms with E-state index in [2.05, 4.69) is 4.72 Å². The number of fused-ring (bicyclic) bond motifs is 1. The Morgan fingerprint density at radius 2 is 1.91 bits per heavy atom. The Hall–Kier alpha value is -1.89. The summed E-state index contributed by atoms with van der Waals surface area (Å²) >= 11 is 5.64. The molecule has 0 spiro atoms. The van der Waals surface area contributed by atoms with E-state index in [9.17, 15) is 12.8 Å². The topological polar surface area (TPSA) is 59.3 Å². The van der Waals surface area contributed by atoms with Crippen molar-refractivity contribution in [1.82, 2.24) is 4.72 Å². The lowest BCUT2D eigenvalue weighted by Crippen LogP contribution is -2.26. The monoisotopic (exact) mass is 353 g/mol. The number of nitrogens with one attached hydrogen (secondary N) is 1. The van der Waals surface area contributed by atoms with Gasteiger partial charge in [-0.15, -0.1) is 0 Å². The van der Waals surface area contributed by atoms with Gasteiger partial charge in [-0.3, -0.25) is 0 Å². The summed E-state index contributed by atoms with van der Waals surface area (Å²) < 4.78 is 46.0. The summed E-state index contributed by atoms with van der Waals surface area (Å²) in [5.41, 5.74) is 0.679. The first kappa shape index (κ1) is 16.0. The Kier molecular flexibility index (Phi) is 4.14. The highest BCUT2D eigenvalue weighted by Crippen LogP contribution is 2.26. The number of sulfonamides is 1. The third-order valence-corrected chi connectivity index (χ3v) is 5.23. The number of furan rings is 1. The lowest BCUT2D eigenvalue weighted by Gasteiger charge is -2.12. The van der Waals surface area contributed by atoms with Gasteiger partial charge in [0.2, 0.25) is 10.0 Å². The van der Waals surface area contributed by atoms with Crippen LogP contribution in [0.25, 0.3) is 11.0 Å². The molecule has 2 aromatic carbocycles. The van der Waals surface area contributed by atoms with Crippen LogP contribution in [0.3, 0.4) is 0 Å². The molecule has 0 fully saturated rings. The average Bonchev–Trinajstić information content (AvgIpc) is 2.93. The van der Waals surface area contributed by atoms with Crippen LogP contribution in [0, 0.1) is 5.82 Å². The number of hydrogen-bond donors (Lipinski definition) is 1. The molecule has 1 aromatic heterocycles. The smallest absolute Gasteiger partial charge is 0.241 e. The van der Waals surface area contributed by atoms with Crippen molar-refractivity contribution in [2.24, 2.45) is 0 Å². The van der Waals surface area contributed by atoms with Crippen LogP contribution in [0.1, 0.15) is 18.7 Å². The summed E-state index contributed by atoms with van der Waals surface area (Å²) in [6.45, 7) is 1.67. The minimum Gasteiger partial charge on any atom is -0.459 e. The van der Waals surface area contributed by atoms with Gasteiger partial charge in [0, 0.05) is 5.39 Å². The molecule has 0 saturated carbocycles. The lowest BCUT2D eigenvalue weighted by atomic mass is 10.2.